The molecule has 1 rings (SSSR count). The van der Waals surface area contributed by atoms with Gasteiger partial charge in [0.1, 0.15) is 11.6 Å². The van der Waals surface area contributed by atoms with Crippen molar-refractivity contribution in [1.29, 1.82) is 5.26 Å². The number of rotatable bonds is 4. The van der Waals surface area contributed by atoms with Gasteiger partial charge in [0, 0.05) is 0 Å². The molecule has 0 aliphatic carbocycles. The first-order valence-electron chi connectivity index (χ1n) is 4.74. The first-order chi connectivity index (χ1) is 7.20. The summed E-state index contributed by atoms with van der Waals surface area (Å²) in [5.41, 5.74) is 1.37. The lowest BCUT2D eigenvalue weighted by Crippen LogP contribution is -1.90. The monoisotopic (exact) mass is 223 g/mol. The van der Waals surface area contributed by atoms with E-state index >= 15 is 0 Å². The summed E-state index contributed by atoms with van der Waals surface area (Å²) in [6, 6.07) is 2.13. The van der Waals surface area contributed by atoms with Gasteiger partial charge in [-0.3, -0.25) is 0 Å². The zero-order valence-electron chi connectivity index (χ0n) is 9.02. The van der Waals surface area contributed by atoms with Gasteiger partial charge in [-0.15, -0.1) is 0 Å². The van der Waals surface area contributed by atoms with Gasteiger partial charge in [-0.25, -0.2) is 4.99 Å². The van der Waals surface area contributed by atoms with E-state index in [0.29, 0.717) is 17.2 Å². The van der Waals surface area contributed by atoms with E-state index in [1.807, 2.05) is 20.8 Å². The Labute approximate surface area is 93.4 Å². The Morgan fingerprint density at radius 2 is 2.40 bits per heavy atom. The number of hydrogen-bond donors (Lipinski definition) is 0. The number of aliphatic imine (C=N–C) groups is 1. The Morgan fingerprint density at radius 1 is 1.67 bits per heavy atom. The van der Waals surface area contributed by atoms with Crippen LogP contribution in [0.15, 0.2) is 4.99 Å². The molecule has 15 heavy (non-hydrogen) atoms. The molecule has 0 fully saturated rings. The summed E-state index contributed by atoms with van der Waals surface area (Å²) < 4.78 is 9.20. The number of ether oxygens (including phenoxy) is 1. The Morgan fingerprint density at radius 3 is 2.93 bits per heavy atom. The number of nitrogens with zero attached hydrogens (tertiary/aromatic N) is 3. The highest BCUT2D eigenvalue weighted by molar-refractivity contribution is 7.10. The van der Waals surface area contributed by atoms with Gasteiger partial charge >= 0.3 is 0 Å². The molecule has 0 atom stereocenters. The van der Waals surface area contributed by atoms with Crippen molar-refractivity contribution in [3.8, 4) is 6.07 Å². The van der Waals surface area contributed by atoms with Crippen molar-refractivity contribution in [2.24, 2.45) is 4.99 Å². The third-order valence-electron chi connectivity index (χ3n) is 1.77. The zero-order valence-corrected chi connectivity index (χ0v) is 9.84. The number of aromatic nitrogens is 1. The molecule has 0 N–H and O–H groups in total. The molecule has 0 unspecified atom stereocenters. The minimum atomic E-state index is 0.243. The first-order valence-corrected chi connectivity index (χ1v) is 5.51. The molecule has 1 aromatic rings. The quantitative estimate of drug-likeness (QED) is 0.582. The average molecular weight is 223 g/mol. The SMILES string of the molecule is CCOC=Nc1snc(C(C)C)c1C#N. The van der Waals surface area contributed by atoms with E-state index in [2.05, 4.69) is 15.4 Å². The van der Waals surface area contributed by atoms with Gasteiger partial charge < -0.3 is 4.74 Å². The van der Waals surface area contributed by atoms with E-state index in [4.69, 9.17) is 10.00 Å². The molecule has 0 radical (unpaired) electrons. The standard InChI is InChI=1S/C10H13N3OS/c1-4-14-6-12-10-8(5-11)9(7(2)3)13-15-10/h6-7H,4H2,1-3H3. The lowest BCUT2D eigenvalue weighted by Gasteiger charge is -1.98. The fraction of sp³-hybridized carbons (Fsp3) is 0.500. The summed E-state index contributed by atoms with van der Waals surface area (Å²) in [4.78, 5) is 4.06. The minimum absolute atomic E-state index is 0.243. The topological polar surface area (TPSA) is 58.3 Å². The lowest BCUT2D eigenvalue weighted by atomic mass is 10.1. The molecule has 0 aliphatic rings. The van der Waals surface area contributed by atoms with Crippen molar-refractivity contribution in [1.82, 2.24) is 4.37 Å². The summed E-state index contributed by atoms with van der Waals surface area (Å²) >= 11 is 1.23. The maximum Gasteiger partial charge on any atom is 0.175 e. The molecule has 0 bridgehead atoms. The molecule has 1 heterocycles. The van der Waals surface area contributed by atoms with Crippen molar-refractivity contribution in [3.05, 3.63) is 11.3 Å². The van der Waals surface area contributed by atoms with Crippen LogP contribution in [-0.4, -0.2) is 17.4 Å². The van der Waals surface area contributed by atoms with E-state index in [1.54, 1.807) is 0 Å². The maximum atomic E-state index is 9.00. The molecule has 0 aromatic carbocycles. The molecule has 5 heteroatoms. The fourth-order valence-electron chi connectivity index (χ4n) is 1.04. The van der Waals surface area contributed by atoms with Crippen molar-refractivity contribution < 1.29 is 4.74 Å². The molecule has 4 nitrogen and oxygen atoms in total. The van der Waals surface area contributed by atoms with E-state index in [9.17, 15) is 0 Å². The second-order valence-corrected chi connectivity index (χ2v) is 3.96. The fourth-order valence-corrected chi connectivity index (χ4v) is 1.86. The highest BCUT2D eigenvalue weighted by atomic mass is 32.1. The van der Waals surface area contributed by atoms with Crippen LogP contribution in [0.2, 0.25) is 0 Å². The highest BCUT2D eigenvalue weighted by Gasteiger charge is 2.15. The van der Waals surface area contributed by atoms with Gasteiger partial charge in [-0.05, 0) is 24.4 Å². The summed E-state index contributed by atoms with van der Waals surface area (Å²) in [5.74, 6) is 0.243. The van der Waals surface area contributed by atoms with E-state index in [0.717, 1.165) is 5.69 Å². The van der Waals surface area contributed by atoms with Crippen LogP contribution < -0.4 is 0 Å². The highest BCUT2D eigenvalue weighted by Crippen LogP contribution is 2.30. The molecule has 80 valence electrons. The predicted molar refractivity (Wildman–Crippen MR) is 60.7 cm³/mol. The molecule has 0 saturated carbocycles. The lowest BCUT2D eigenvalue weighted by molar-refractivity contribution is 0.344. The second kappa shape index (κ2) is 5.47. The summed E-state index contributed by atoms with van der Waals surface area (Å²) in [6.07, 6.45) is 1.36. The Balaban J connectivity index is 2.95. The van der Waals surface area contributed by atoms with E-state index < -0.39 is 0 Å². The normalized spacial score (nSPS) is 10.9. The smallest absolute Gasteiger partial charge is 0.175 e. The molecule has 0 amide bonds. The molecule has 0 saturated heterocycles. The van der Waals surface area contributed by atoms with E-state index in [1.165, 1.54) is 17.9 Å². The summed E-state index contributed by atoms with van der Waals surface area (Å²) in [6.45, 7) is 6.46. The van der Waals surface area contributed by atoms with Crippen molar-refractivity contribution in [3.63, 3.8) is 0 Å². The minimum Gasteiger partial charge on any atom is -0.483 e. The molecule has 1 aromatic heterocycles. The van der Waals surface area contributed by atoms with E-state index in [-0.39, 0.29) is 5.92 Å². The van der Waals surface area contributed by atoms with Crippen molar-refractivity contribution in [2.45, 2.75) is 26.7 Å². The van der Waals surface area contributed by atoms with Crippen LogP contribution >= 0.6 is 11.5 Å². The van der Waals surface area contributed by atoms with Gasteiger partial charge in [0.25, 0.3) is 0 Å². The van der Waals surface area contributed by atoms with Crippen LogP contribution in [0.3, 0.4) is 0 Å². The number of nitriles is 1. The number of hydrogen-bond acceptors (Lipinski definition) is 5. The van der Waals surface area contributed by atoms with Gasteiger partial charge in [-0.2, -0.15) is 9.64 Å². The third-order valence-corrected chi connectivity index (χ3v) is 2.54. The van der Waals surface area contributed by atoms with Crippen molar-refractivity contribution >= 4 is 22.9 Å². The van der Waals surface area contributed by atoms with Crippen LogP contribution in [-0.2, 0) is 4.74 Å². The van der Waals surface area contributed by atoms with Crippen LogP contribution in [0.1, 0.15) is 37.9 Å². The average Bonchev–Trinajstić information content (AvgIpc) is 2.61. The zero-order chi connectivity index (χ0) is 11.3. The predicted octanol–water partition coefficient (Wildman–Crippen LogP) is 2.83. The molecule has 0 aliphatic heterocycles. The Hall–Kier alpha value is -1.41. The summed E-state index contributed by atoms with van der Waals surface area (Å²) in [7, 11) is 0. The van der Waals surface area contributed by atoms with Crippen LogP contribution in [0.5, 0.6) is 0 Å². The maximum absolute atomic E-state index is 9.00. The van der Waals surface area contributed by atoms with Crippen LogP contribution in [0.4, 0.5) is 5.00 Å². The van der Waals surface area contributed by atoms with Gasteiger partial charge in [-0.1, -0.05) is 13.8 Å². The largest absolute Gasteiger partial charge is 0.483 e. The molecular formula is C10H13N3OS. The molecule has 0 spiro atoms. The van der Waals surface area contributed by atoms with Gasteiger partial charge in [0.2, 0.25) is 0 Å². The first kappa shape index (κ1) is 11.7. The Kier molecular flexibility index (Phi) is 4.25. The van der Waals surface area contributed by atoms with Gasteiger partial charge in [0.05, 0.1) is 12.3 Å². The van der Waals surface area contributed by atoms with Crippen molar-refractivity contribution in [2.75, 3.05) is 6.61 Å². The third kappa shape index (κ3) is 2.77. The summed E-state index contributed by atoms with van der Waals surface area (Å²) in [5, 5.41) is 9.62. The van der Waals surface area contributed by atoms with Crippen LogP contribution in [0.25, 0.3) is 0 Å². The van der Waals surface area contributed by atoms with Gasteiger partial charge in [0.15, 0.2) is 11.4 Å². The Bertz CT molecular complexity index is 390. The van der Waals surface area contributed by atoms with Crippen LogP contribution in [0, 0.1) is 11.3 Å². The molecular weight excluding hydrogens is 210 g/mol. The second-order valence-electron chi connectivity index (χ2n) is 3.20.